The van der Waals surface area contributed by atoms with Gasteiger partial charge in [0, 0.05) is 19.0 Å². The van der Waals surface area contributed by atoms with Gasteiger partial charge < -0.3 is 5.32 Å². The maximum Gasteiger partial charge on any atom is 0.138 e. The molecule has 20 heavy (non-hydrogen) atoms. The normalized spacial score (nSPS) is 12.6. The molecule has 0 fully saturated rings. The van der Waals surface area contributed by atoms with Gasteiger partial charge in [0.05, 0.1) is 10.0 Å². The van der Waals surface area contributed by atoms with Gasteiger partial charge in [-0.25, -0.2) is 4.98 Å². The van der Waals surface area contributed by atoms with Crippen molar-refractivity contribution in [3.05, 3.63) is 46.0 Å². The summed E-state index contributed by atoms with van der Waals surface area (Å²) in [6.07, 6.45) is 3.34. The lowest BCUT2D eigenvalue weighted by Gasteiger charge is -2.18. The topological polar surface area (TPSA) is 42.7 Å². The first-order chi connectivity index (χ1) is 9.67. The summed E-state index contributed by atoms with van der Waals surface area (Å²) in [4.78, 5) is 4.34. The van der Waals surface area contributed by atoms with Gasteiger partial charge in [0.1, 0.15) is 12.2 Å². The van der Waals surface area contributed by atoms with Gasteiger partial charge in [-0.2, -0.15) is 5.10 Å². The van der Waals surface area contributed by atoms with Gasteiger partial charge in [0.25, 0.3) is 0 Å². The van der Waals surface area contributed by atoms with E-state index in [0.29, 0.717) is 10.0 Å². The first kappa shape index (κ1) is 15.3. The predicted octanol–water partition coefficient (Wildman–Crippen LogP) is 3.50. The Kier molecular flexibility index (Phi) is 5.40. The van der Waals surface area contributed by atoms with Gasteiger partial charge in [-0.1, -0.05) is 42.3 Å². The van der Waals surface area contributed by atoms with Gasteiger partial charge in [-0.3, -0.25) is 4.68 Å². The van der Waals surface area contributed by atoms with E-state index in [1.165, 1.54) is 0 Å². The second-order valence-electron chi connectivity index (χ2n) is 4.59. The average molecular weight is 313 g/mol. The number of aromatic nitrogens is 3. The number of nitrogens with zero attached hydrogens (tertiary/aromatic N) is 3. The summed E-state index contributed by atoms with van der Waals surface area (Å²) in [5.74, 6) is 0.947. The minimum Gasteiger partial charge on any atom is -0.313 e. The number of rotatable bonds is 6. The predicted molar refractivity (Wildman–Crippen MR) is 82.3 cm³/mol. The van der Waals surface area contributed by atoms with E-state index in [2.05, 4.69) is 22.3 Å². The summed E-state index contributed by atoms with van der Waals surface area (Å²) >= 11 is 12.4. The molecule has 1 heterocycles. The van der Waals surface area contributed by atoms with Crippen LogP contribution in [0.3, 0.4) is 0 Å². The van der Waals surface area contributed by atoms with Crippen LogP contribution in [0.15, 0.2) is 24.5 Å². The third-order valence-corrected chi connectivity index (χ3v) is 4.06. The van der Waals surface area contributed by atoms with Crippen molar-refractivity contribution in [3.8, 4) is 0 Å². The Morgan fingerprint density at radius 1 is 1.35 bits per heavy atom. The summed E-state index contributed by atoms with van der Waals surface area (Å²) < 4.78 is 1.93. The highest BCUT2D eigenvalue weighted by molar-refractivity contribution is 6.42. The molecule has 0 aliphatic heterocycles. The lowest BCUT2D eigenvalue weighted by atomic mass is 10.0. The zero-order valence-corrected chi connectivity index (χ0v) is 13.1. The van der Waals surface area contributed by atoms with E-state index < -0.39 is 0 Å². The SMILES string of the molecule is CCCn1ncnc1CC(NC)c1cccc(Cl)c1Cl. The molecule has 0 saturated heterocycles. The molecule has 0 radical (unpaired) electrons. The van der Waals surface area contributed by atoms with Crippen molar-refractivity contribution in [2.75, 3.05) is 7.05 Å². The molecule has 2 rings (SSSR count). The number of hydrogen-bond acceptors (Lipinski definition) is 3. The molecule has 0 saturated carbocycles. The fourth-order valence-corrected chi connectivity index (χ4v) is 2.62. The van der Waals surface area contributed by atoms with Gasteiger partial charge in [-0.05, 0) is 25.1 Å². The van der Waals surface area contributed by atoms with Crippen molar-refractivity contribution < 1.29 is 0 Å². The molecule has 4 nitrogen and oxygen atoms in total. The van der Waals surface area contributed by atoms with Gasteiger partial charge in [0.2, 0.25) is 0 Å². The molecule has 0 aliphatic rings. The second-order valence-corrected chi connectivity index (χ2v) is 5.37. The van der Waals surface area contributed by atoms with Crippen molar-refractivity contribution >= 4 is 23.2 Å². The monoisotopic (exact) mass is 312 g/mol. The van der Waals surface area contributed by atoms with Crippen LogP contribution in [0.4, 0.5) is 0 Å². The highest BCUT2D eigenvalue weighted by atomic mass is 35.5. The quantitative estimate of drug-likeness (QED) is 0.887. The molecule has 1 atom stereocenters. The molecule has 108 valence electrons. The minimum atomic E-state index is 0.0565. The van der Waals surface area contributed by atoms with E-state index in [0.717, 1.165) is 30.8 Å². The Bertz CT molecular complexity index is 568. The van der Waals surface area contributed by atoms with Crippen LogP contribution >= 0.6 is 23.2 Å². The first-order valence-corrected chi connectivity index (χ1v) is 7.40. The third kappa shape index (κ3) is 3.32. The zero-order chi connectivity index (χ0) is 14.5. The summed E-state index contributed by atoms with van der Waals surface area (Å²) in [6, 6.07) is 5.74. The molecule has 1 aromatic carbocycles. The third-order valence-electron chi connectivity index (χ3n) is 3.22. The first-order valence-electron chi connectivity index (χ1n) is 6.65. The van der Waals surface area contributed by atoms with E-state index in [4.69, 9.17) is 23.2 Å². The molecular weight excluding hydrogens is 295 g/mol. The number of halogens is 2. The maximum absolute atomic E-state index is 6.29. The van der Waals surface area contributed by atoms with E-state index in [-0.39, 0.29) is 6.04 Å². The van der Waals surface area contributed by atoms with Crippen LogP contribution in [0.1, 0.15) is 30.8 Å². The van der Waals surface area contributed by atoms with Crippen LogP contribution in [-0.2, 0) is 13.0 Å². The Hall–Kier alpha value is -1.10. The lowest BCUT2D eigenvalue weighted by Crippen LogP contribution is -2.21. The van der Waals surface area contributed by atoms with Crippen molar-refractivity contribution in [1.29, 1.82) is 0 Å². The van der Waals surface area contributed by atoms with Crippen molar-refractivity contribution in [2.24, 2.45) is 0 Å². The van der Waals surface area contributed by atoms with Crippen molar-refractivity contribution in [1.82, 2.24) is 20.1 Å². The Morgan fingerprint density at radius 3 is 2.85 bits per heavy atom. The van der Waals surface area contributed by atoms with Crippen LogP contribution in [0, 0.1) is 0 Å². The summed E-state index contributed by atoms with van der Waals surface area (Å²) in [6.45, 7) is 2.99. The summed E-state index contributed by atoms with van der Waals surface area (Å²) in [5.41, 5.74) is 0.979. The van der Waals surface area contributed by atoms with Gasteiger partial charge >= 0.3 is 0 Å². The number of hydrogen-bond donors (Lipinski definition) is 1. The standard InChI is InChI=1S/C14H18Cl2N4/c1-3-7-20-13(18-9-19-20)8-12(17-2)10-5-4-6-11(15)14(10)16/h4-6,9,12,17H,3,7-8H2,1-2H3. The van der Waals surface area contributed by atoms with Crippen molar-refractivity contribution in [3.63, 3.8) is 0 Å². The molecule has 2 aromatic rings. The molecule has 6 heteroatoms. The fraction of sp³-hybridized carbons (Fsp3) is 0.429. The smallest absolute Gasteiger partial charge is 0.138 e. The molecule has 0 aliphatic carbocycles. The number of benzene rings is 1. The molecule has 0 amide bonds. The zero-order valence-electron chi connectivity index (χ0n) is 11.6. The summed E-state index contributed by atoms with van der Waals surface area (Å²) in [5, 5.41) is 8.68. The molecule has 1 aromatic heterocycles. The molecule has 1 unspecified atom stereocenters. The number of likely N-dealkylation sites (N-methyl/N-ethyl adjacent to an activating group) is 1. The van der Waals surface area contributed by atoms with E-state index in [1.54, 1.807) is 12.4 Å². The van der Waals surface area contributed by atoms with Crippen LogP contribution < -0.4 is 5.32 Å². The van der Waals surface area contributed by atoms with E-state index >= 15 is 0 Å². The minimum absolute atomic E-state index is 0.0565. The lowest BCUT2D eigenvalue weighted by molar-refractivity contribution is 0.517. The van der Waals surface area contributed by atoms with Gasteiger partial charge in [0.15, 0.2) is 0 Å². The number of nitrogens with one attached hydrogen (secondary N) is 1. The summed E-state index contributed by atoms with van der Waals surface area (Å²) in [7, 11) is 1.91. The van der Waals surface area contributed by atoms with E-state index in [9.17, 15) is 0 Å². The van der Waals surface area contributed by atoms with Crippen molar-refractivity contribution in [2.45, 2.75) is 32.4 Å². The molecule has 0 spiro atoms. The highest BCUT2D eigenvalue weighted by Crippen LogP contribution is 2.31. The number of aryl methyl sites for hydroxylation is 1. The molecular formula is C14H18Cl2N4. The largest absolute Gasteiger partial charge is 0.313 e. The molecule has 1 N–H and O–H groups in total. The average Bonchev–Trinajstić information content (AvgIpc) is 2.87. The van der Waals surface area contributed by atoms with Gasteiger partial charge in [-0.15, -0.1) is 0 Å². The Labute approximate surface area is 129 Å². The second kappa shape index (κ2) is 7.07. The van der Waals surface area contributed by atoms with Crippen LogP contribution in [0.5, 0.6) is 0 Å². The van der Waals surface area contributed by atoms with E-state index in [1.807, 2.05) is 23.9 Å². The Morgan fingerprint density at radius 2 is 2.15 bits per heavy atom. The Balaban J connectivity index is 2.24. The van der Waals surface area contributed by atoms with Crippen LogP contribution in [0.2, 0.25) is 10.0 Å². The van der Waals surface area contributed by atoms with Crippen LogP contribution in [0.25, 0.3) is 0 Å². The molecule has 0 bridgehead atoms. The van der Waals surface area contributed by atoms with Crippen LogP contribution in [-0.4, -0.2) is 21.8 Å². The fourth-order valence-electron chi connectivity index (χ4n) is 2.18. The maximum atomic E-state index is 6.29. The highest BCUT2D eigenvalue weighted by Gasteiger charge is 2.17.